The van der Waals surface area contributed by atoms with E-state index < -0.39 is 0 Å². The first-order valence-corrected chi connectivity index (χ1v) is 5.52. The highest BCUT2D eigenvalue weighted by Crippen LogP contribution is 2.30. The molecule has 1 aromatic carbocycles. The average molecular weight is 271 g/mol. The van der Waals surface area contributed by atoms with E-state index in [1.54, 1.807) is 0 Å². The predicted octanol–water partition coefficient (Wildman–Crippen LogP) is 3.54. The zero-order valence-corrected chi connectivity index (χ0v) is 11.1. The van der Waals surface area contributed by atoms with Gasteiger partial charge in [-0.15, -0.1) is 24.8 Å². The van der Waals surface area contributed by atoms with Gasteiger partial charge in [0.2, 0.25) is 0 Å². The molecule has 2 aromatic rings. The molecule has 0 radical (unpaired) electrons. The van der Waals surface area contributed by atoms with Crippen LogP contribution < -0.4 is 5.73 Å². The number of anilines is 1. The first-order chi connectivity index (χ1) is 7.36. The number of aromatic nitrogens is 1. The van der Waals surface area contributed by atoms with Gasteiger partial charge in [0.1, 0.15) is 0 Å². The van der Waals surface area contributed by atoms with Crippen molar-refractivity contribution >= 4 is 41.4 Å². The minimum absolute atomic E-state index is 0. The van der Waals surface area contributed by atoms with E-state index in [4.69, 9.17) is 10.7 Å². The number of benzene rings is 1. The molecular weight excluding hydrogens is 255 g/mol. The van der Waals surface area contributed by atoms with Gasteiger partial charge in [0.25, 0.3) is 0 Å². The van der Waals surface area contributed by atoms with Crippen molar-refractivity contribution in [3.63, 3.8) is 0 Å². The summed E-state index contributed by atoms with van der Waals surface area (Å²) in [6.45, 7) is 0. The molecule has 2 N–H and O–H groups in total. The number of para-hydroxylation sites is 1. The van der Waals surface area contributed by atoms with E-state index in [9.17, 15) is 0 Å². The smallest absolute Gasteiger partial charge is 0.0726 e. The monoisotopic (exact) mass is 270 g/mol. The highest BCUT2D eigenvalue weighted by Gasteiger charge is 2.15. The van der Waals surface area contributed by atoms with Crippen LogP contribution in [0.1, 0.15) is 24.1 Å². The summed E-state index contributed by atoms with van der Waals surface area (Å²) in [6.07, 6.45) is 4.68. The van der Waals surface area contributed by atoms with Crippen molar-refractivity contribution in [2.45, 2.75) is 25.7 Å². The van der Waals surface area contributed by atoms with Crippen molar-refractivity contribution in [2.75, 3.05) is 5.73 Å². The molecule has 0 atom stereocenters. The second kappa shape index (κ2) is 5.56. The highest BCUT2D eigenvalue weighted by molar-refractivity contribution is 5.92. The van der Waals surface area contributed by atoms with Gasteiger partial charge in [-0.05, 0) is 37.3 Å². The van der Waals surface area contributed by atoms with Crippen molar-refractivity contribution in [3.8, 4) is 0 Å². The molecule has 3 rings (SSSR count). The lowest BCUT2D eigenvalue weighted by Crippen LogP contribution is -2.09. The third kappa shape index (κ3) is 2.33. The summed E-state index contributed by atoms with van der Waals surface area (Å²) in [5, 5.41) is 1.11. The van der Waals surface area contributed by atoms with Crippen molar-refractivity contribution in [1.82, 2.24) is 4.98 Å². The highest BCUT2D eigenvalue weighted by atomic mass is 35.5. The normalized spacial score (nSPS) is 13.4. The molecule has 92 valence electrons. The summed E-state index contributed by atoms with van der Waals surface area (Å²) >= 11 is 0. The van der Waals surface area contributed by atoms with E-state index in [-0.39, 0.29) is 24.8 Å². The number of hydrogen-bond acceptors (Lipinski definition) is 2. The zero-order valence-electron chi connectivity index (χ0n) is 9.48. The van der Waals surface area contributed by atoms with Crippen molar-refractivity contribution in [2.24, 2.45) is 0 Å². The number of pyridine rings is 1. The Morgan fingerprint density at radius 1 is 1.00 bits per heavy atom. The summed E-state index contributed by atoms with van der Waals surface area (Å²) in [6, 6.07) is 8.15. The second-order valence-corrected chi connectivity index (χ2v) is 4.17. The fourth-order valence-corrected chi connectivity index (χ4v) is 2.41. The van der Waals surface area contributed by atoms with Gasteiger partial charge in [-0.1, -0.05) is 18.2 Å². The van der Waals surface area contributed by atoms with E-state index in [1.807, 2.05) is 18.2 Å². The molecule has 4 heteroatoms. The van der Waals surface area contributed by atoms with Crippen LogP contribution >= 0.6 is 24.8 Å². The van der Waals surface area contributed by atoms with Crippen LogP contribution in [0.15, 0.2) is 24.3 Å². The fourth-order valence-electron chi connectivity index (χ4n) is 2.41. The van der Waals surface area contributed by atoms with Crippen LogP contribution in [0.25, 0.3) is 10.9 Å². The first-order valence-electron chi connectivity index (χ1n) is 5.52. The lowest BCUT2D eigenvalue weighted by atomic mass is 9.93. The molecule has 2 nitrogen and oxygen atoms in total. The quantitative estimate of drug-likeness (QED) is 0.796. The maximum atomic E-state index is 6.20. The Morgan fingerprint density at radius 2 is 1.71 bits per heavy atom. The molecule has 0 fully saturated rings. The van der Waals surface area contributed by atoms with Gasteiger partial charge in [0.15, 0.2) is 0 Å². The van der Waals surface area contributed by atoms with Gasteiger partial charge >= 0.3 is 0 Å². The Hall–Kier alpha value is -0.990. The Bertz CT molecular complexity index is 526. The second-order valence-electron chi connectivity index (χ2n) is 4.17. The number of fused-ring (bicyclic) bond motifs is 2. The topological polar surface area (TPSA) is 38.9 Å². The van der Waals surface area contributed by atoms with E-state index in [2.05, 4.69) is 6.07 Å². The fraction of sp³-hybridized carbons (Fsp3) is 0.308. The van der Waals surface area contributed by atoms with Crippen molar-refractivity contribution in [3.05, 3.63) is 35.5 Å². The summed E-state index contributed by atoms with van der Waals surface area (Å²) in [5.41, 5.74) is 10.7. The Balaban J connectivity index is 0.000000722. The lowest BCUT2D eigenvalue weighted by molar-refractivity contribution is 0.673. The first kappa shape index (κ1) is 14.1. The molecule has 0 unspecified atom stereocenters. The molecular formula is C13H16Cl2N2. The van der Waals surface area contributed by atoms with Crippen LogP contribution in [0.4, 0.5) is 5.69 Å². The standard InChI is InChI=1S/C13H14N2.2ClH/c14-13-9-5-1-3-7-11(9)15-12-8-4-2-6-10(12)13;;/h1,3,5,7H,2,4,6,8H2,(H2,14,15);2*1H. The number of aryl methyl sites for hydroxylation is 1. The van der Waals surface area contributed by atoms with Gasteiger partial charge < -0.3 is 5.73 Å². The molecule has 0 saturated carbocycles. The van der Waals surface area contributed by atoms with Crippen LogP contribution in [-0.4, -0.2) is 4.98 Å². The van der Waals surface area contributed by atoms with E-state index in [1.165, 1.54) is 24.1 Å². The van der Waals surface area contributed by atoms with E-state index >= 15 is 0 Å². The minimum atomic E-state index is 0. The largest absolute Gasteiger partial charge is 0.398 e. The van der Waals surface area contributed by atoms with Crippen molar-refractivity contribution in [1.29, 1.82) is 0 Å². The molecule has 0 aliphatic heterocycles. The van der Waals surface area contributed by atoms with Gasteiger partial charge in [0.05, 0.1) is 5.52 Å². The third-order valence-electron chi connectivity index (χ3n) is 3.21. The van der Waals surface area contributed by atoms with E-state index in [0.29, 0.717) is 0 Å². The average Bonchev–Trinajstić information content (AvgIpc) is 2.30. The maximum Gasteiger partial charge on any atom is 0.0726 e. The van der Waals surface area contributed by atoms with Crippen LogP contribution in [0, 0.1) is 0 Å². The van der Waals surface area contributed by atoms with E-state index in [0.717, 1.165) is 29.4 Å². The van der Waals surface area contributed by atoms with Gasteiger partial charge in [0, 0.05) is 16.8 Å². The molecule has 0 spiro atoms. The van der Waals surface area contributed by atoms with Crippen LogP contribution in [0.3, 0.4) is 0 Å². The van der Waals surface area contributed by atoms with Crippen LogP contribution in [0.5, 0.6) is 0 Å². The van der Waals surface area contributed by atoms with Crippen LogP contribution in [0.2, 0.25) is 0 Å². The molecule has 1 heterocycles. The number of nitrogen functional groups attached to an aromatic ring is 1. The third-order valence-corrected chi connectivity index (χ3v) is 3.21. The Kier molecular flexibility index (Phi) is 4.61. The predicted molar refractivity (Wildman–Crippen MR) is 77.3 cm³/mol. The minimum Gasteiger partial charge on any atom is -0.398 e. The van der Waals surface area contributed by atoms with Crippen molar-refractivity contribution < 1.29 is 0 Å². The summed E-state index contributed by atoms with van der Waals surface area (Å²) in [5.74, 6) is 0. The maximum absolute atomic E-state index is 6.20. The zero-order chi connectivity index (χ0) is 10.3. The molecule has 1 aliphatic carbocycles. The molecule has 0 saturated heterocycles. The number of nitrogens with zero attached hydrogens (tertiary/aromatic N) is 1. The number of rotatable bonds is 0. The summed E-state index contributed by atoms with van der Waals surface area (Å²) < 4.78 is 0. The van der Waals surface area contributed by atoms with Gasteiger partial charge in [-0.2, -0.15) is 0 Å². The molecule has 17 heavy (non-hydrogen) atoms. The number of halogens is 2. The summed E-state index contributed by atoms with van der Waals surface area (Å²) in [4.78, 5) is 4.70. The Labute approximate surface area is 113 Å². The molecule has 0 amide bonds. The molecule has 1 aromatic heterocycles. The van der Waals surface area contributed by atoms with Crippen LogP contribution in [-0.2, 0) is 12.8 Å². The summed E-state index contributed by atoms with van der Waals surface area (Å²) in [7, 11) is 0. The number of nitrogens with two attached hydrogens (primary N) is 1. The molecule has 0 bridgehead atoms. The molecule has 1 aliphatic rings. The SMILES string of the molecule is Cl.Cl.Nc1c2c(nc3ccccc13)CCCC2. The Morgan fingerprint density at radius 3 is 2.53 bits per heavy atom. The number of hydrogen-bond donors (Lipinski definition) is 1. The lowest BCUT2D eigenvalue weighted by Gasteiger charge is -2.18. The van der Waals surface area contributed by atoms with Gasteiger partial charge in [-0.3, -0.25) is 4.98 Å². The van der Waals surface area contributed by atoms with Gasteiger partial charge in [-0.25, -0.2) is 0 Å².